The Labute approximate surface area is 206 Å². The highest BCUT2D eigenvalue weighted by molar-refractivity contribution is 6.32. The molecule has 0 amide bonds. The fourth-order valence-corrected chi connectivity index (χ4v) is 7.00. The van der Waals surface area contributed by atoms with Crippen molar-refractivity contribution >= 4 is 32.3 Å². The molecular formula is C35H28. The number of benzene rings is 6. The monoisotopic (exact) mass is 448 g/mol. The highest BCUT2D eigenvalue weighted by atomic mass is 14.4. The van der Waals surface area contributed by atoms with E-state index in [0.29, 0.717) is 0 Å². The predicted molar refractivity (Wildman–Crippen MR) is 151 cm³/mol. The molecule has 0 nitrogen and oxygen atoms in total. The van der Waals surface area contributed by atoms with E-state index in [-0.39, 0.29) is 10.8 Å². The first-order valence-electron chi connectivity index (χ1n) is 12.8. The number of hydrogen-bond donors (Lipinski definition) is 0. The van der Waals surface area contributed by atoms with Crippen LogP contribution < -0.4 is 0 Å². The summed E-state index contributed by atoms with van der Waals surface area (Å²) >= 11 is 0. The molecule has 6 aromatic carbocycles. The largest absolute Gasteiger partial charge is 0.0619 e. The van der Waals surface area contributed by atoms with Gasteiger partial charge in [0.25, 0.3) is 0 Å². The molecule has 168 valence electrons. The summed E-state index contributed by atoms with van der Waals surface area (Å²) < 4.78 is 0. The van der Waals surface area contributed by atoms with Gasteiger partial charge < -0.3 is 0 Å². The molecule has 2 aliphatic rings. The third kappa shape index (κ3) is 2.29. The van der Waals surface area contributed by atoms with Gasteiger partial charge in [-0.15, -0.1) is 0 Å². The zero-order valence-corrected chi connectivity index (χ0v) is 21.0. The van der Waals surface area contributed by atoms with Crippen molar-refractivity contribution in [1.82, 2.24) is 0 Å². The molecule has 0 bridgehead atoms. The molecule has 2 aliphatic carbocycles. The van der Waals surface area contributed by atoms with E-state index in [1.54, 1.807) is 0 Å². The van der Waals surface area contributed by atoms with Crippen LogP contribution in [0, 0.1) is 0 Å². The molecular weight excluding hydrogens is 420 g/mol. The first-order valence-corrected chi connectivity index (χ1v) is 12.8. The van der Waals surface area contributed by atoms with E-state index in [4.69, 9.17) is 0 Å². The van der Waals surface area contributed by atoms with Gasteiger partial charge in [0, 0.05) is 5.41 Å². The SMILES string of the molecule is CC(C)(C)c1cc2ccc3ccc4c5c(cc(c1)c2c35)-c1cc2c(cc1-4)C(C)(C)c1ccccc1-2. The fourth-order valence-electron chi connectivity index (χ4n) is 7.00. The van der Waals surface area contributed by atoms with Crippen molar-refractivity contribution in [3.8, 4) is 33.4 Å². The molecule has 0 aromatic heterocycles. The quantitative estimate of drug-likeness (QED) is 0.203. The summed E-state index contributed by atoms with van der Waals surface area (Å²) in [6.45, 7) is 11.7. The van der Waals surface area contributed by atoms with Crippen LogP contribution in [0.2, 0.25) is 0 Å². The third-order valence-electron chi connectivity index (χ3n) is 8.87. The number of rotatable bonds is 0. The lowest BCUT2D eigenvalue weighted by atomic mass is 9.81. The van der Waals surface area contributed by atoms with Crippen molar-refractivity contribution in [1.29, 1.82) is 0 Å². The second kappa shape index (κ2) is 5.94. The van der Waals surface area contributed by atoms with Gasteiger partial charge in [0.2, 0.25) is 0 Å². The number of fused-ring (bicyclic) bond motifs is 6. The second-order valence-electron chi connectivity index (χ2n) is 12.2. The lowest BCUT2D eigenvalue weighted by Crippen LogP contribution is -2.14. The smallest absolute Gasteiger partial charge is 0.0159 e. The summed E-state index contributed by atoms with van der Waals surface area (Å²) in [6.07, 6.45) is 0. The summed E-state index contributed by atoms with van der Waals surface area (Å²) in [7, 11) is 0. The van der Waals surface area contributed by atoms with Crippen molar-refractivity contribution in [3.63, 3.8) is 0 Å². The average molecular weight is 449 g/mol. The van der Waals surface area contributed by atoms with Crippen molar-refractivity contribution in [2.45, 2.75) is 45.4 Å². The van der Waals surface area contributed by atoms with Gasteiger partial charge in [0.1, 0.15) is 0 Å². The molecule has 35 heavy (non-hydrogen) atoms. The predicted octanol–water partition coefficient (Wildman–Crippen LogP) is 9.84. The minimum atomic E-state index is 0.0163. The Morgan fingerprint density at radius 3 is 2.03 bits per heavy atom. The van der Waals surface area contributed by atoms with Crippen molar-refractivity contribution in [2.24, 2.45) is 0 Å². The Kier molecular flexibility index (Phi) is 3.34. The van der Waals surface area contributed by atoms with E-state index in [0.717, 1.165) is 0 Å². The average Bonchev–Trinajstić information content (AvgIpc) is 3.27. The normalized spacial score (nSPS) is 15.2. The molecule has 0 spiro atoms. The van der Waals surface area contributed by atoms with Crippen molar-refractivity contribution in [3.05, 3.63) is 95.6 Å². The van der Waals surface area contributed by atoms with Crippen LogP contribution in [-0.4, -0.2) is 0 Å². The molecule has 0 radical (unpaired) electrons. The molecule has 0 unspecified atom stereocenters. The third-order valence-corrected chi connectivity index (χ3v) is 8.87. The van der Waals surface area contributed by atoms with E-state index in [2.05, 4.69) is 113 Å². The van der Waals surface area contributed by atoms with Crippen LogP contribution in [0.1, 0.15) is 51.3 Å². The van der Waals surface area contributed by atoms with Crippen molar-refractivity contribution in [2.75, 3.05) is 0 Å². The molecule has 0 N–H and O–H groups in total. The summed E-state index contributed by atoms with van der Waals surface area (Å²) in [6, 6.07) is 30.6. The lowest BCUT2D eigenvalue weighted by molar-refractivity contribution is 0.591. The van der Waals surface area contributed by atoms with Crippen molar-refractivity contribution < 1.29 is 0 Å². The topological polar surface area (TPSA) is 0 Å². The molecule has 0 heterocycles. The Morgan fingerprint density at radius 2 is 1.20 bits per heavy atom. The first kappa shape index (κ1) is 19.6. The van der Waals surface area contributed by atoms with Crippen LogP contribution in [0.5, 0.6) is 0 Å². The summed E-state index contributed by atoms with van der Waals surface area (Å²) in [5.41, 5.74) is 12.8. The molecule has 0 atom stereocenters. The molecule has 0 saturated heterocycles. The van der Waals surface area contributed by atoms with Gasteiger partial charge in [-0.2, -0.15) is 0 Å². The molecule has 0 heteroatoms. The van der Waals surface area contributed by atoms with Gasteiger partial charge in [0.15, 0.2) is 0 Å². The maximum atomic E-state index is 2.51. The van der Waals surface area contributed by atoms with Crippen LogP contribution in [0.15, 0.2) is 78.9 Å². The Bertz CT molecular complexity index is 1890. The van der Waals surface area contributed by atoms with Gasteiger partial charge in [-0.25, -0.2) is 0 Å². The maximum absolute atomic E-state index is 2.51. The minimum absolute atomic E-state index is 0.0163. The summed E-state index contributed by atoms with van der Waals surface area (Å²) in [5, 5.41) is 8.36. The van der Waals surface area contributed by atoms with E-state index in [1.807, 2.05) is 0 Å². The van der Waals surface area contributed by atoms with Crippen LogP contribution in [-0.2, 0) is 10.8 Å². The minimum Gasteiger partial charge on any atom is -0.0619 e. The standard InChI is InChI=1S/C35H28/c1-34(2,3)22-14-20-11-10-19-12-13-24-26-18-30-27(23-8-6-7-9-29(23)35(30,4)5)17-25(26)28-16-21(15-22)31(20)32(19)33(24)28/h6-18H,1-5H3. The highest BCUT2D eigenvalue weighted by Gasteiger charge is 2.37. The molecule has 8 rings (SSSR count). The van der Waals surface area contributed by atoms with E-state index < -0.39 is 0 Å². The lowest BCUT2D eigenvalue weighted by Gasteiger charge is -2.22. The number of hydrogen-bond acceptors (Lipinski definition) is 0. The first-order chi connectivity index (χ1) is 16.7. The second-order valence-corrected chi connectivity index (χ2v) is 12.2. The zero-order valence-electron chi connectivity index (χ0n) is 21.0. The molecule has 0 saturated carbocycles. The maximum Gasteiger partial charge on any atom is 0.0159 e. The van der Waals surface area contributed by atoms with Gasteiger partial charge in [0.05, 0.1) is 0 Å². The fraction of sp³-hybridized carbons (Fsp3) is 0.200. The summed E-state index contributed by atoms with van der Waals surface area (Å²) in [4.78, 5) is 0. The van der Waals surface area contributed by atoms with Crippen LogP contribution >= 0.6 is 0 Å². The van der Waals surface area contributed by atoms with Gasteiger partial charge in [-0.3, -0.25) is 0 Å². The van der Waals surface area contributed by atoms with Gasteiger partial charge in [-0.05, 0) is 106 Å². The zero-order chi connectivity index (χ0) is 23.9. The Morgan fingerprint density at radius 1 is 0.486 bits per heavy atom. The van der Waals surface area contributed by atoms with Gasteiger partial charge >= 0.3 is 0 Å². The Hall–Kier alpha value is -3.64. The van der Waals surface area contributed by atoms with Crippen LogP contribution in [0.25, 0.3) is 65.7 Å². The van der Waals surface area contributed by atoms with Gasteiger partial charge in [-0.1, -0.05) is 95.3 Å². The molecule has 6 aromatic rings. The van der Waals surface area contributed by atoms with E-state index >= 15 is 0 Å². The van der Waals surface area contributed by atoms with E-state index in [9.17, 15) is 0 Å². The Balaban J connectivity index is 1.52. The summed E-state index contributed by atoms with van der Waals surface area (Å²) in [5.74, 6) is 0. The molecule has 0 fully saturated rings. The van der Waals surface area contributed by atoms with Crippen LogP contribution in [0.3, 0.4) is 0 Å². The molecule has 0 aliphatic heterocycles. The van der Waals surface area contributed by atoms with E-state index in [1.165, 1.54) is 82.4 Å². The highest BCUT2D eigenvalue weighted by Crippen LogP contribution is 2.57. The van der Waals surface area contributed by atoms with Crippen LogP contribution in [0.4, 0.5) is 0 Å².